The van der Waals surface area contributed by atoms with Crippen LogP contribution in [0.25, 0.3) is 0 Å². The summed E-state index contributed by atoms with van der Waals surface area (Å²) in [5.74, 6) is 1.38. The van der Waals surface area contributed by atoms with Crippen LogP contribution in [0.5, 0.6) is 0 Å². The van der Waals surface area contributed by atoms with Crippen molar-refractivity contribution >= 4 is 0 Å². The Bertz CT molecular complexity index is 371. The highest BCUT2D eigenvalue weighted by Gasteiger charge is 2.20. The lowest BCUT2D eigenvalue weighted by molar-refractivity contribution is 0.669. The van der Waals surface area contributed by atoms with E-state index in [0.717, 1.165) is 36.2 Å². The molecule has 0 amide bonds. The fourth-order valence-corrected chi connectivity index (χ4v) is 2.07. The first kappa shape index (κ1) is 12.5. The van der Waals surface area contributed by atoms with Crippen molar-refractivity contribution in [2.75, 3.05) is 6.54 Å². The summed E-state index contributed by atoms with van der Waals surface area (Å²) in [4.78, 5) is 9.22. The van der Waals surface area contributed by atoms with Crippen LogP contribution in [0.3, 0.4) is 0 Å². The third kappa shape index (κ3) is 3.25. The largest absolute Gasteiger partial charge is 0.314 e. The fourth-order valence-electron chi connectivity index (χ4n) is 2.07. The second-order valence-corrected chi connectivity index (χ2v) is 5.36. The van der Waals surface area contributed by atoms with Gasteiger partial charge in [-0.1, -0.05) is 13.8 Å². The van der Waals surface area contributed by atoms with E-state index in [1.807, 2.05) is 0 Å². The molecule has 1 saturated carbocycles. The molecule has 1 aromatic heterocycles. The third-order valence-corrected chi connectivity index (χ3v) is 3.34. The number of hydrogen-bond acceptors (Lipinski definition) is 3. The molecule has 0 spiro atoms. The lowest BCUT2D eigenvalue weighted by atomic mass is 10.1. The van der Waals surface area contributed by atoms with Crippen molar-refractivity contribution in [1.29, 1.82) is 0 Å². The Morgan fingerprint density at radius 2 is 1.76 bits per heavy atom. The van der Waals surface area contributed by atoms with Gasteiger partial charge < -0.3 is 5.32 Å². The molecule has 17 heavy (non-hydrogen) atoms. The van der Waals surface area contributed by atoms with Crippen LogP contribution in [0.2, 0.25) is 0 Å². The van der Waals surface area contributed by atoms with Crippen LogP contribution in [0.4, 0.5) is 0 Å². The molecule has 0 unspecified atom stereocenters. The van der Waals surface area contributed by atoms with Gasteiger partial charge >= 0.3 is 0 Å². The molecule has 0 saturated heterocycles. The summed E-state index contributed by atoms with van der Waals surface area (Å²) in [6.45, 7) is 9.54. The molecule has 3 nitrogen and oxygen atoms in total. The van der Waals surface area contributed by atoms with Gasteiger partial charge in [-0.3, -0.25) is 0 Å². The molecular formula is C14H23N3. The smallest absolute Gasteiger partial charge is 0.131 e. The second-order valence-electron chi connectivity index (χ2n) is 5.36. The Labute approximate surface area is 104 Å². The fraction of sp³-hybridized carbons (Fsp3) is 0.714. The molecular weight excluding hydrogens is 210 g/mol. The molecule has 1 heterocycles. The minimum absolute atomic E-state index is 0.408. The van der Waals surface area contributed by atoms with E-state index in [-0.39, 0.29) is 0 Å². The normalized spacial score (nSPS) is 15.6. The van der Waals surface area contributed by atoms with Gasteiger partial charge in [-0.25, -0.2) is 9.97 Å². The van der Waals surface area contributed by atoms with Crippen molar-refractivity contribution < 1.29 is 0 Å². The molecule has 2 rings (SSSR count). The van der Waals surface area contributed by atoms with Crippen molar-refractivity contribution in [2.45, 2.75) is 58.9 Å². The lowest BCUT2D eigenvalue weighted by Crippen LogP contribution is -2.20. The molecule has 1 aromatic rings. The monoisotopic (exact) mass is 233 g/mol. The summed E-state index contributed by atoms with van der Waals surface area (Å²) >= 11 is 0. The van der Waals surface area contributed by atoms with Crippen molar-refractivity contribution in [1.82, 2.24) is 15.3 Å². The number of aromatic nitrogens is 2. The zero-order chi connectivity index (χ0) is 12.4. The lowest BCUT2D eigenvalue weighted by Gasteiger charge is -2.12. The summed E-state index contributed by atoms with van der Waals surface area (Å²) < 4.78 is 0. The van der Waals surface area contributed by atoms with E-state index in [4.69, 9.17) is 0 Å². The summed E-state index contributed by atoms with van der Waals surface area (Å²) in [6, 6.07) is 0.784. The summed E-state index contributed by atoms with van der Waals surface area (Å²) in [7, 11) is 0. The maximum Gasteiger partial charge on any atom is 0.131 e. The van der Waals surface area contributed by atoms with Gasteiger partial charge in [0.15, 0.2) is 0 Å². The Hall–Kier alpha value is -0.960. The predicted octanol–water partition coefficient (Wildman–Crippen LogP) is 2.51. The van der Waals surface area contributed by atoms with Gasteiger partial charge in [0.1, 0.15) is 5.82 Å². The number of rotatable bonds is 5. The van der Waals surface area contributed by atoms with Crippen molar-refractivity contribution in [3.05, 3.63) is 22.8 Å². The molecule has 0 aromatic carbocycles. The first-order valence-corrected chi connectivity index (χ1v) is 6.65. The van der Waals surface area contributed by atoms with Crippen LogP contribution in [0, 0.1) is 13.8 Å². The van der Waals surface area contributed by atoms with E-state index in [2.05, 4.69) is 43.0 Å². The zero-order valence-electron chi connectivity index (χ0n) is 11.4. The Morgan fingerprint density at radius 3 is 2.24 bits per heavy atom. The van der Waals surface area contributed by atoms with E-state index in [1.165, 1.54) is 18.4 Å². The molecule has 1 aliphatic carbocycles. The molecule has 1 aliphatic rings. The molecule has 1 fully saturated rings. The Kier molecular flexibility index (Phi) is 3.77. The van der Waals surface area contributed by atoms with Gasteiger partial charge in [-0.2, -0.15) is 0 Å². The standard InChI is InChI=1S/C14H23N3/c1-9(2)14-16-10(3)13(11(4)17-14)7-8-15-12-5-6-12/h9,12,15H,5-8H2,1-4H3. The van der Waals surface area contributed by atoms with Crippen molar-refractivity contribution in [2.24, 2.45) is 0 Å². The molecule has 0 bridgehead atoms. The minimum Gasteiger partial charge on any atom is -0.314 e. The molecule has 94 valence electrons. The highest BCUT2D eigenvalue weighted by Crippen LogP contribution is 2.19. The van der Waals surface area contributed by atoms with Crippen LogP contribution in [-0.4, -0.2) is 22.6 Å². The van der Waals surface area contributed by atoms with Gasteiger partial charge in [-0.15, -0.1) is 0 Å². The first-order valence-electron chi connectivity index (χ1n) is 6.65. The highest BCUT2D eigenvalue weighted by molar-refractivity contribution is 5.25. The van der Waals surface area contributed by atoms with E-state index < -0.39 is 0 Å². The van der Waals surface area contributed by atoms with Crippen LogP contribution < -0.4 is 5.32 Å². The van der Waals surface area contributed by atoms with Gasteiger partial charge in [0.2, 0.25) is 0 Å². The number of nitrogens with one attached hydrogen (secondary N) is 1. The van der Waals surface area contributed by atoms with Crippen LogP contribution >= 0.6 is 0 Å². The Morgan fingerprint density at radius 1 is 1.18 bits per heavy atom. The van der Waals surface area contributed by atoms with Gasteiger partial charge in [0.25, 0.3) is 0 Å². The summed E-state index contributed by atoms with van der Waals surface area (Å²) in [6.07, 6.45) is 3.74. The van der Waals surface area contributed by atoms with E-state index in [0.29, 0.717) is 5.92 Å². The van der Waals surface area contributed by atoms with Crippen molar-refractivity contribution in [3.63, 3.8) is 0 Å². The maximum absolute atomic E-state index is 4.61. The number of nitrogens with zero attached hydrogens (tertiary/aromatic N) is 2. The van der Waals surface area contributed by atoms with Crippen molar-refractivity contribution in [3.8, 4) is 0 Å². The Balaban J connectivity index is 2.04. The molecule has 0 aliphatic heterocycles. The average Bonchev–Trinajstić information content (AvgIpc) is 3.05. The summed E-state index contributed by atoms with van der Waals surface area (Å²) in [5.41, 5.74) is 3.63. The topological polar surface area (TPSA) is 37.8 Å². The average molecular weight is 233 g/mol. The molecule has 0 atom stereocenters. The summed E-state index contributed by atoms with van der Waals surface area (Å²) in [5, 5.41) is 3.54. The quantitative estimate of drug-likeness (QED) is 0.849. The van der Waals surface area contributed by atoms with E-state index in [9.17, 15) is 0 Å². The SMILES string of the molecule is Cc1nc(C(C)C)nc(C)c1CCNC1CC1. The number of aryl methyl sites for hydroxylation is 2. The van der Waals surface area contributed by atoms with Crippen LogP contribution in [0.15, 0.2) is 0 Å². The molecule has 3 heteroatoms. The third-order valence-electron chi connectivity index (χ3n) is 3.34. The van der Waals surface area contributed by atoms with Crippen LogP contribution in [-0.2, 0) is 6.42 Å². The minimum atomic E-state index is 0.408. The van der Waals surface area contributed by atoms with Gasteiger partial charge in [-0.05, 0) is 45.2 Å². The predicted molar refractivity (Wildman–Crippen MR) is 70.3 cm³/mol. The number of hydrogen-bond donors (Lipinski definition) is 1. The molecule has 0 radical (unpaired) electrons. The van der Waals surface area contributed by atoms with E-state index >= 15 is 0 Å². The zero-order valence-corrected chi connectivity index (χ0v) is 11.4. The maximum atomic E-state index is 4.61. The first-order chi connectivity index (χ1) is 8.08. The highest BCUT2D eigenvalue weighted by atomic mass is 14.9. The van der Waals surface area contributed by atoms with E-state index in [1.54, 1.807) is 0 Å². The van der Waals surface area contributed by atoms with Gasteiger partial charge in [0, 0.05) is 23.3 Å². The molecule has 1 N–H and O–H groups in total. The van der Waals surface area contributed by atoms with Gasteiger partial charge in [0.05, 0.1) is 0 Å². The van der Waals surface area contributed by atoms with Crippen LogP contribution in [0.1, 0.15) is 55.4 Å². The second kappa shape index (κ2) is 5.13.